The molecular weight excluding hydrogens is 376 g/mol. The Hall–Kier alpha value is -1.38. The van der Waals surface area contributed by atoms with E-state index in [0.29, 0.717) is 66.1 Å². The Bertz CT molecular complexity index is 522. The van der Waals surface area contributed by atoms with Crippen LogP contribution in [0.15, 0.2) is 12.1 Å². The van der Waals surface area contributed by atoms with Crippen molar-refractivity contribution in [2.75, 3.05) is 79.8 Å². The van der Waals surface area contributed by atoms with E-state index in [-0.39, 0.29) is 0 Å². The smallest absolute Gasteiger partial charge is 0.161 e. The molecule has 1 rings (SSSR count). The molecule has 0 aliphatic carbocycles. The highest BCUT2D eigenvalue weighted by Gasteiger charge is 2.08. The average molecular weight is 415 g/mol. The van der Waals surface area contributed by atoms with Crippen LogP contribution in [0.2, 0.25) is 0 Å². The van der Waals surface area contributed by atoms with Gasteiger partial charge in [-0.1, -0.05) is 6.92 Å². The Morgan fingerprint density at radius 1 is 0.552 bits per heavy atom. The van der Waals surface area contributed by atoms with Crippen molar-refractivity contribution in [3.8, 4) is 11.5 Å². The van der Waals surface area contributed by atoms with Crippen LogP contribution < -0.4 is 9.47 Å². The normalized spacial score (nSPS) is 11.0. The van der Waals surface area contributed by atoms with Gasteiger partial charge in [0.2, 0.25) is 0 Å². The van der Waals surface area contributed by atoms with Crippen molar-refractivity contribution in [2.24, 2.45) is 0 Å². The lowest BCUT2D eigenvalue weighted by Gasteiger charge is -2.15. The van der Waals surface area contributed by atoms with Gasteiger partial charge in [-0.3, -0.25) is 0 Å². The highest BCUT2D eigenvalue weighted by atomic mass is 16.6. The molecule has 0 aliphatic rings. The molecule has 1 aromatic carbocycles. The molecule has 0 spiro atoms. The van der Waals surface area contributed by atoms with Gasteiger partial charge in [-0.2, -0.15) is 0 Å². The maximum absolute atomic E-state index is 5.87. The molecule has 0 unspecified atom stereocenters. The van der Waals surface area contributed by atoms with Gasteiger partial charge in [0.05, 0.1) is 52.9 Å². The average Bonchev–Trinajstić information content (AvgIpc) is 2.71. The third-order valence-corrected chi connectivity index (χ3v) is 4.05. The first-order valence-electron chi connectivity index (χ1n) is 10.4. The van der Waals surface area contributed by atoms with Crippen LogP contribution in [0.1, 0.15) is 24.5 Å². The minimum Gasteiger partial charge on any atom is -0.487 e. The Balaban J connectivity index is 2.26. The Kier molecular flexibility index (Phi) is 15.5. The lowest BCUT2D eigenvalue weighted by molar-refractivity contribution is 0.0175. The maximum atomic E-state index is 5.87. The van der Waals surface area contributed by atoms with Crippen molar-refractivity contribution in [1.29, 1.82) is 0 Å². The number of hydrogen-bond donors (Lipinski definition) is 0. The summed E-state index contributed by atoms with van der Waals surface area (Å²) >= 11 is 0. The van der Waals surface area contributed by atoms with E-state index >= 15 is 0 Å². The third-order valence-electron chi connectivity index (χ3n) is 4.05. The molecule has 0 amide bonds. The van der Waals surface area contributed by atoms with Gasteiger partial charge in [0.1, 0.15) is 13.2 Å². The fourth-order valence-electron chi connectivity index (χ4n) is 2.34. The van der Waals surface area contributed by atoms with Crippen LogP contribution in [-0.2, 0) is 23.7 Å². The highest BCUT2D eigenvalue weighted by molar-refractivity contribution is 5.46. The zero-order chi connectivity index (χ0) is 21.2. The van der Waals surface area contributed by atoms with E-state index in [2.05, 4.69) is 20.8 Å². The second-order valence-electron chi connectivity index (χ2n) is 6.52. The standard InChI is InChI=1S/C22H38O7/c1-5-6-24-9-10-26-13-15-28-21-17-19(2)20(3)18-22(21)29-16-14-27-12-11-25-8-7-23-4/h17-18H,5-16H2,1-4H3. The van der Waals surface area contributed by atoms with E-state index in [1.807, 2.05) is 12.1 Å². The summed E-state index contributed by atoms with van der Waals surface area (Å²) in [5.41, 5.74) is 2.31. The molecule has 0 radical (unpaired) electrons. The first-order valence-corrected chi connectivity index (χ1v) is 10.4. The summed E-state index contributed by atoms with van der Waals surface area (Å²) in [5.74, 6) is 1.45. The molecule has 7 nitrogen and oxygen atoms in total. The second kappa shape index (κ2) is 17.5. The third kappa shape index (κ3) is 12.7. The molecule has 0 N–H and O–H groups in total. The maximum Gasteiger partial charge on any atom is 0.161 e. The van der Waals surface area contributed by atoms with E-state index in [9.17, 15) is 0 Å². The topological polar surface area (TPSA) is 64.6 Å². The molecule has 0 aliphatic heterocycles. The fourth-order valence-corrected chi connectivity index (χ4v) is 2.34. The van der Waals surface area contributed by atoms with Crippen LogP contribution in [0.5, 0.6) is 11.5 Å². The summed E-state index contributed by atoms with van der Waals surface area (Å²) in [5, 5.41) is 0. The molecule has 0 saturated heterocycles. The van der Waals surface area contributed by atoms with Crippen molar-refractivity contribution in [1.82, 2.24) is 0 Å². The molecule has 1 aromatic rings. The largest absolute Gasteiger partial charge is 0.487 e. The van der Waals surface area contributed by atoms with E-state index in [0.717, 1.165) is 35.7 Å². The van der Waals surface area contributed by atoms with Crippen molar-refractivity contribution in [2.45, 2.75) is 27.2 Å². The molecule has 7 heteroatoms. The fraction of sp³-hybridized carbons (Fsp3) is 0.727. The second-order valence-corrected chi connectivity index (χ2v) is 6.52. The molecule has 0 fully saturated rings. The highest BCUT2D eigenvalue weighted by Crippen LogP contribution is 2.30. The number of methoxy groups -OCH3 is 1. The van der Waals surface area contributed by atoms with Crippen LogP contribution in [0.3, 0.4) is 0 Å². The van der Waals surface area contributed by atoms with Gasteiger partial charge < -0.3 is 33.2 Å². The molecular formula is C22H38O7. The molecule has 29 heavy (non-hydrogen) atoms. The first-order chi connectivity index (χ1) is 14.2. The van der Waals surface area contributed by atoms with E-state index < -0.39 is 0 Å². The molecule has 0 aromatic heterocycles. The van der Waals surface area contributed by atoms with E-state index in [4.69, 9.17) is 33.2 Å². The monoisotopic (exact) mass is 414 g/mol. The van der Waals surface area contributed by atoms with Gasteiger partial charge in [-0.05, 0) is 43.5 Å². The number of ether oxygens (including phenoxy) is 7. The molecule has 0 heterocycles. The van der Waals surface area contributed by atoms with Gasteiger partial charge in [-0.25, -0.2) is 0 Å². The SMILES string of the molecule is CCCOCCOCCOc1cc(C)c(C)cc1OCCOCCOCCOC. The van der Waals surface area contributed by atoms with E-state index in [1.54, 1.807) is 7.11 Å². The minimum absolute atomic E-state index is 0.447. The van der Waals surface area contributed by atoms with Crippen molar-refractivity contribution >= 4 is 0 Å². The Morgan fingerprint density at radius 3 is 1.34 bits per heavy atom. The zero-order valence-corrected chi connectivity index (χ0v) is 18.5. The number of benzene rings is 1. The van der Waals surface area contributed by atoms with Crippen LogP contribution in [0, 0.1) is 13.8 Å². The zero-order valence-electron chi connectivity index (χ0n) is 18.5. The Morgan fingerprint density at radius 2 is 0.931 bits per heavy atom. The van der Waals surface area contributed by atoms with Crippen molar-refractivity contribution in [3.63, 3.8) is 0 Å². The van der Waals surface area contributed by atoms with Gasteiger partial charge in [-0.15, -0.1) is 0 Å². The summed E-state index contributed by atoms with van der Waals surface area (Å²) in [7, 11) is 1.65. The minimum atomic E-state index is 0.447. The molecule has 0 saturated carbocycles. The predicted molar refractivity (Wildman–Crippen MR) is 112 cm³/mol. The predicted octanol–water partition coefficient (Wildman–Crippen LogP) is 3.18. The summed E-state index contributed by atoms with van der Waals surface area (Å²) in [6.45, 7) is 12.3. The van der Waals surface area contributed by atoms with Gasteiger partial charge in [0.15, 0.2) is 11.5 Å². The molecule has 0 bridgehead atoms. The quantitative estimate of drug-likeness (QED) is 0.322. The van der Waals surface area contributed by atoms with Crippen LogP contribution >= 0.6 is 0 Å². The Labute approximate surface area is 175 Å². The summed E-state index contributed by atoms with van der Waals surface area (Å²) in [4.78, 5) is 0. The molecule has 168 valence electrons. The lowest BCUT2D eigenvalue weighted by atomic mass is 10.1. The van der Waals surface area contributed by atoms with Crippen LogP contribution in [0.25, 0.3) is 0 Å². The van der Waals surface area contributed by atoms with Gasteiger partial charge in [0.25, 0.3) is 0 Å². The number of aryl methyl sites for hydroxylation is 2. The summed E-state index contributed by atoms with van der Waals surface area (Å²) in [6.07, 6.45) is 1.02. The first kappa shape index (κ1) is 25.7. The van der Waals surface area contributed by atoms with Gasteiger partial charge >= 0.3 is 0 Å². The van der Waals surface area contributed by atoms with E-state index in [1.165, 1.54) is 0 Å². The van der Waals surface area contributed by atoms with Crippen LogP contribution in [-0.4, -0.2) is 79.8 Å². The van der Waals surface area contributed by atoms with Crippen molar-refractivity contribution in [3.05, 3.63) is 23.3 Å². The lowest BCUT2D eigenvalue weighted by Crippen LogP contribution is -2.14. The summed E-state index contributed by atoms with van der Waals surface area (Å²) in [6, 6.07) is 4.00. The summed E-state index contributed by atoms with van der Waals surface area (Å²) < 4.78 is 38.4. The van der Waals surface area contributed by atoms with Crippen molar-refractivity contribution < 1.29 is 33.2 Å². The van der Waals surface area contributed by atoms with Gasteiger partial charge in [0, 0.05) is 13.7 Å². The molecule has 0 atom stereocenters. The van der Waals surface area contributed by atoms with Crippen LogP contribution in [0.4, 0.5) is 0 Å². The number of rotatable bonds is 19. The number of hydrogen-bond acceptors (Lipinski definition) is 7.